The second-order valence-corrected chi connectivity index (χ2v) is 6.15. The zero-order valence-corrected chi connectivity index (χ0v) is 15.3. The van der Waals surface area contributed by atoms with Crippen LogP contribution in [0.3, 0.4) is 0 Å². The van der Waals surface area contributed by atoms with Crippen molar-refractivity contribution in [3.63, 3.8) is 0 Å². The first kappa shape index (κ1) is 17.8. The third-order valence-electron chi connectivity index (χ3n) is 3.83. The third kappa shape index (κ3) is 4.15. The van der Waals surface area contributed by atoms with Gasteiger partial charge in [-0.1, -0.05) is 23.8 Å². The molecule has 0 spiro atoms. The monoisotopic (exact) mass is 369 g/mol. The number of rotatable bonds is 6. The van der Waals surface area contributed by atoms with Gasteiger partial charge in [0.2, 0.25) is 11.8 Å². The third-order valence-corrected chi connectivity index (χ3v) is 4.14. The van der Waals surface area contributed by atoms with E-state index in [0.717, 1.165) is 17.0 Å². The molecule has 7 nitrogen and oxygen atoms in total. The van der Waals surface area contributed by atoms with E-state index in [1.807, 2.05) is 35.8 Å². The summed E-state index contributed by atoms with van der Waals surface area (Å²) in [5.74, 6) is 1.09. The van der Waals surface area contributed by atoms with Gasteiger partial charge in [-0.3, -0.25) is 14.5 Å². The molecule has 0 atom stereocenters. The number of anilines is 1. The molecule has 2 N–H and O–H groups in total. The first-order valence-corrected chi connectivity index (χ1v) is 8.50. The summed E-state index contributed by atoms with van der Waals surface area (Å²) in [6.07, 6.45) is 1.82. The highest BCUT2D eigenvalue weighted by Gasteiger charge is 2.11. The van der Waals surface area contributed by atoms with Crippen LogP contribution >= 0.6 is 12.2 Å². The summed E-state index contributed by atoms with van der Waals surface area (Å²) in [5, 5.41) is 9.91. The molecule has 2 aromatic heterocycles. The Bertz CT molecular complexity index is 962. The minimum atomic E-state index is -0.129. The quantitative estimate of drug-likeness (QED) is 0.651. The fraction of sp³-hybridized carbons (Fsp3) is 0.222. The number of benzene rings is 1. The van der Waals surface area contributed by atoms with E-state index in [1.165, 1.54) is 0 Å². The van der Waals surface area contributed by atoms with Crippen molar-refractivity contribution in [3.8, 4) is 17.3 Å². The summed E-state index contributed by atoms with van der Waals surface area (Å²) < 4.78 is 7.31. The van der Waals surface area contributed by atoms with Crippen LogP contribution in [0.25, 0.3) is 11.4 Å². The van der Waals surface area contributed by atoms with Crippen molar-refractivity contribution in [2.24, 2.45) is 0 Å². The minimum absolute atomic E-state index is 0.129. The Balaban J connectivity index is 1.68. The Morgan fingerprint density at radius 2 is 2.19 bits per heavy atom. The second kappa shape index (κ2) is 7.92. The Morgan fingerprint density at radius 3 is 2.88 bits per heavy atom. The molecule has 0 aliphatic rings. The topological polar surface area (TPSA) is 84.8 Å². The molecule has 0 unspecified atom stereocenters. The molecular formula is C18H19N5O2S. The number of hydrogen-bond acceptors (Lipinski definition) is 5. The predicted octanol–water partition coefficient (Wildman–Crippen LogP) is 3.35. The number of ether oxygens (including phenoxy) is 1. The van der Waals surface area contributed by atoms with Gasteiger partial charge >= 0.3 is 0 Å². The summed E-state index contributed by atoms with van der Waals surface area (Å²) >= 11 is 5.30. The van der Waals surface area contributed by atoms with Crippen LogP contribution in [0.5, 0.6) is 5.88 Å². The van der Waals surface area contributed by atoms with Gasteiger partial charge < -0.3 is 10.1 Å². The van der Waals surface area contributed by atoms with Gasteiger partial charge in [0.15, 0.2) is 10.6 Å². The molecule has 8 heteroatoms. The number of nitrogens with zero attached hydrogens (tertiary/aromatic N) is 3. The lowest BCUT2D eigenvalue weighted by Gasteiger charge is -2.08. The zero-order valence-electron chi connectivity index (χ0n) is 14.5. The predicted molar refractivity (Wildman–Crippen MR) is 102 cm³/mol. The van der Waals surface area contributed by atoms with E-state index in [1.54, 1.807) is 25.4 Å². The van der Waals surface area contributed by atoms with Crippen LogP contribution in [0, 0.1) is 11.7 Å². The summed E-state index contributed by atoms with van der Waals surface area (Å²) in [6.45, 7) is 2.44. The fourth-order valence-electron chi connectivity index (χ4n) is 2.54. The molecule has 0 saturated heterocycles. The molecule has 0 bridgehead atoms. The van der Waals surface area contributed by atoms with Gasteiger partial charge in [0.25, 0.3) is 0 Å². The standard InChI is InChI=1S/C18H19N5O2S/c1-12-4-3-5-13(10-12)17-21-22-18(26)23(17)9-8-15(24)20-14-6-7-16(25-2)19-11-14/h3-7,10-11H,8-9H2,1-2H3,(H,20,24)(H,22,26). The van der Waals surface area contributed by atoms with Crippen LogP contribution in [0.1, 0.15) is 12.0 Å². The van der Waals surface area contributed by atoms with Crippen molar-refractivity contribution >= 4 is 23.8 Å². The number of carbonyl (C=O) groups is 1. The first-order valence-electron chi connectivity index (χ1n) is 8.09. The van der Waals surface area contributed by atoms with E-state index >= 15 is 0 Å². The van der Waals surface area contributed by atoms with E-state index in [-0.39, 0.29) is 12.3 Å². The van der Waals surface area contributed by atoms with Crippen molar-refractivity contribution < 1.29 is 9.53 Å². The molecule has 3 rings (SSSR count). The van der Waals surface area contributed by atoms with E-state index in [2.05, 4.69) is 20.5 Å². The highest BCUT2D eigenvalue weighted by molar-refractivity contribution is 7.71. The molecule has 134 valence electrons. The molecule has 26 heavy (non-hydrogen) atoms. The number of methoxy groups -OCH3 is 1. The van der Waals surface area contributed by atoms with Gasteiger partial charge in [-0.25, -0.2) is 4.98 Å². The van der Waals surface area contributed by atoms with E-state index < -0.39 is 0 Å². The highest BCUT2D eigenvalue weighted by Crippen LogP contribution is 2.19. The van der Waals surface area contributed by atoms with Crippen LogP contribution in [0.15, 0.2) is 42.6 Å². The van der Waals surface area contributed by atoms with Crippen molar-refractivity contribution in [2.75, 3.05) is 12.4 Å². The number of aromatic amines is 1. The van der Waals surface area contributed by atoms with Gasteiger partial charge in [-0.05, 0) is 31.3 Å². The summed E-state index contributed by atoms with van der Waals surface area (Å²) in [5.41, 5.74) is 2.70. The smallest absolute Gasteiger partial charge is 0.226 e. The van der Waals surface area contributed by atoms with Gasteiger partial charge in [0, 0.05) is 24.6 Å². The Kier molecular flexibility index (Phi) is 5.43. The number of H-pyrrole nitrogens is 1. The average molecular weight is 369 g/mol. The molecule has 0 fully saturated rings. The molecule has 2 heterocycles. The molecule has 0 aliphatic carbocycles. The van der Waals surface area contributed by atoms with Crippen LogP contribution in [0.4, 0.5) is 5.69 Å². The van der Waals surface area contributed by atoms with Crippen LogP contribution in [0.2, 0.25) is 0 Å². The largest absolute Gasteiger partial charge is 0.481 e. The van der Waals surface area contributed by atoms with Crippen molar-refractivity contribution in [1.82, 2.24) is 19.7 Å². The van der Waals surface area contributed by atoms with Crippen molar-refractivity contribution in [1.29, 1.82) is 0 Å². The lowest BCUT2D eigenvalue weighted by Crippen LogP contribution is -2.15. The average Bonchev–Trinajstić information content (AvgIpc) is 3.01. The van der Waals surface area contributed by atoms with Crippen molar-refractivity contribution in [2.45, 2.75) is 19.9 Å². The van der Waals surface area contributed by atoms with Gasteiger partial charge in [-0.2, -0.15) is 5.10 Å². The molecule has 1 amide bonds. The Hall–Kier alpha value is -3.00. The number of nitrogens with one attached hydrogen (secondary N) is 2. The number of hydrogen-bond donors (Lipinski definition) is 2. The molecule has 0 radical (unpaired) electrons. The second-order valence-electron chi connectivity index (χ2n) is 5.76. The molecule has 1 aromatic carbocycles. The number of amides is 1. The maximum Gasteiger partial charge on any atom is 0.226 e. The number of pyridine rings is 1. The Morgan fingerprint density at radius 1 is 1.35 bits per heavy atom. The van der Waals surface area contributed by atoms with Crippen LogP contribution in [-0.4, -0.2) is 32.8 Å². The SMILES string of the molecule is COc1ccc(NC(=O)CCn2c(-c3cccc(C)c3)n[nH]c2=S)cn1. The molecule has 3 aromatic rings. The number of aryl methyl sites for hydroxylation is 1. The molecule has 0 aliphatic heterocycles. The lowest BCUT2D eigenvalue weighted by molar-refractivity contribution is -0.116. The van der Waals surface area contributed by atoms with Crippen LogP contribution < -0.4 is 10.1 Å². The first-order chi connectivity index (χ1) is 12.6. The molecule has 0 saturated carbocycles. The minimum Gasteiger partial charge on any atom is -0.481 e. The maximum atomic E-state index is 12.2. The van der Waals surface area contributed by atoms with Gasteiger partial charge in [0.05, 0.1) is 19.0 Å². The summed E-state index contributed by atoms with van der Waals surface area (Å²) in [4.78, 5) is 16.3. The summed E-state index contributed by atoms with van der Waals surface area (Å²) in [7, 11) is 1.54. The number of aromatic nitrogens is 4. The highest BCUT2D eigenvalue weighted by atomic mass is 32.1. The van der Waals surface area contributed by atoms with E-state index in [0.29, 0.717) is 22.9 Å². The van der Waals surface area contributed by atoms with Gasteiger partial charge in [0.1, 0.15) is 0 Å². The molecular weight excluding hydrogens is 350 g/mol. The number of carbonyl (C=O) groups excluding carboxylic acids is 1. The summed E-state index contributed by atoms with van der Waals surface area (Å²) in [6, 6.07) is 11.4. The fourth-order valence-corrected chi connectivity index (χ4v) is 2.76. The Labute approximate surface area is 156 Å². The maximum absolute atomic E-state index is 12.2. The lowest BCUT2D eigenvalue weighted by atomic mass is 10.1. The zero-order chi connectivity index (χ0) is 18.5. The van der Waals surface area contributed by atoms with E-state index in [4.69, 9.17) is 17.0 Å². The van der Waals surface area contributed by atoms with E-state index in [9.17, 15) is 4.79 Å². The van der Waals surface area contributed by atoms with Crippen molar-refractivity contribution in [3.05, 3.63) is 52.9 Å². The van der Waals surface area contributed by atoms with Gasteiger partial charge in [-0.15, -0.1) is 0 Å². The van der Waals surface area contributed by atoms with Crippen LogP contribution in [-0.2, 0) is 11.3 Å². The normalized spacial score (nSPS) is 10.5.